The zero-order chi connectivity index (χ0) is 12.5. The Morgan fingerprint density at radius 1 is 1.33 bits per heavy atom. The Morgan fingerprint density at radius 3 is 3.00 bits per heavy atom. The number of fused-ring (bicyclic) bond motifs is 1. The van der Waals surface area contributed by atoms with Gasteiger partial charge in [0, 0.05) is 19.1 Å². The molecule has 0 saturated carbocycles. The average molecular weight is 249 g/mol. The number of ether oxygens (including phenoxy) is 2. The number of hydrogen-bond acceptors (Lipinski definition) is 4. The number of benzene rings is 1. The summed E-state index contributed by atoms with van der Waals surface area (Å²) >= 11 is 0. The zero-order valence-corrected chi connectivity index (χ0v) is 10.6. The number of hydrogen-bond donors (Lipinski definition) is 1. The lowest BCUT2D eigenvalue weighted by molar-refractivity contribution is 0.174. The van der Waals surface area contributed by atoms with E-state index in [4.69, 9.17) is 14.6 Å². The first-order valence-corrected chi connectivity index (χ1v) is 6.52. The first-order chi connectivity index (χ1) is 8.78. The molecule has 3 rings (SSSR count). The molecule has 1 fully saturated rings. The van der Waals surface area contributed by atoms with Crippen molar-refractivity contribution >= 4 is 0 Å². The van der Waals surface area contributed by atoms with Crippen LogP contribution in [0.15, 0.2) is 18.2 Å². The highest BCUT2D eigenvalue weighted by Gasteiger charge is 2.30. The largest absolute Gasteiger partial charge is 0.454 e. The highest BCUT2D eigenvalue weighted by atomic mass is 16.7. The highest BCUT2D eigenvalue weighted by molar-refractivity contribution is 5.45. The first kappa shape index (κ1) is 11.8. The molecule has 0 radical (unpaired) electrons. The van der Waals surface area contributed by atoms with Crippen LogP contribution in [0.1, 0.15) is 24.8 Å². The molecule has 2 aliphatic heterocycles. The maximum absolute atomic E-state index is 9.05. The Bertz CT molecular complexity index is 435. The monoisotopic (exact) mass is 249 g/mol. The fourth-order valence-electron chi connectivity index (χ4n) is 2.95. The standard InChI is InChI=1S/C14H19NO3/c1-10-6-12(8-15(10)4-5-16)11-2-3-13-14(7-11)18-9-17-13/h2-3,7,10,12,16H,4-6,8-9H2,1H3. The van der Waals surface area contributed by atoms with E-state index >= 15 is 0 Å². The third-order valence-corrected chi connectivity index (χ3v) is 3.96. The molecule has 2 unspecified atom stereocenters. The molecule has 1 saturated heterocycles. The van der Waals surface area contributed by atoms with Crippen LogP contribution in [0.4, 0.5) is 0 Å². The minimum atomic E-state index is 0.234. The van der Waals surface area contributed by atoms with E-state index in [9.17, 15) is 0 Å². The van der Waals surface area contributed by atoms with Crippen LogP contribution in [-0.2, 0) is 0 Å². The van der Waals surface area contributed by atoms with Crippen LogP contribution in [0.3, 0.4) is 0 Å². The topological polar surface area (TPSA) is 41.9 Å². The van der Waals surface area contributed by atoms with Crippen LogP contribution in [0.2, 0.25) is 0 Å². The lowest BCUT2D eigenvalue weighted by Gasteiger charge is -2.19. The molecule has 2 atom stereocenters. The van der Waals surface area contributed by atoms with Gasteiger partial charge in [0.1, 0.15) is 0 Å². The van der Waals surface area contributed by atoms with E-state index in [1.54, 1.807) is 0 Å². The maximum Gasteiger partial charge on any atom is 0.231 e. The van der Waals surface area contributed by atoms with Crippen molar-refractivity contribution in [3.8, 4) is 11.5 Å². The fraction of sp³-hybridized carbons (Fsp3) is 0.571. The summed E-state index contributed by atoms with van der Waals surface area (Å²) < 4.78 is 10.8. The lowest BCUT2D eigenvalue weighted by atomic mass is 9.96. The molecule has 1 aromatic carbocycles. The number of likely N-dealkylation sites (tertiary alicyclic amines) is 1. The number of rotatable bonds is 3. The molecule has 2 aliphatic rings. The molecule has 0 aromatic heterocycles. The van der Waals surface area contributed by atoms with Crippen LogP contribution in [0.5, 0.6) is 11.5 Å². The Hall–Kier alpha value is -1.26. The van der Waals surface area contributed by atoms with Gasteiger partial charge in [-0.15, -0.1) is 0 Å². The van der Waals surface area contributed by atoms with Crippen molar-refractivity contribution in [1.29, 1.82) is 0 Å². The van der Waals surface area contributed by atoms with Gasteiger partial charge in [-0.05, 0) is 37.0 Å². The SMILES string of the molecule is CC1CC(c2ccc3c(c2)OCO3)CN1CCO. The predicted molar refractivity (Wildman–Crippen MR) is 68.0 cm³/mol. The van der Waals surface area contributed by atoms with E-state index in [1.165, 1.54) is 5.56 Å². The first-order valence-electron chi connectivity index (χ1n) is 6.52. The van der Waals surface area contributed by atoms with Crippen molar-refractivity contribution in [3.05, 3.63) is 23.8 Å². The van der Waals surface area contributed by atoms with E-state index in [1.807, 2.05) is 6.07 Å². The zero-order valence-electron chi connectivity index (χ0n) is 10.6. The average Bonchev–Trinajstić information content (AvgIpc) is 2.96. The Labute approximate surface area is 107 Å². The molecular weight excluding hydrogens is 230 g/mol. The van der Waals surface area contributed by atoms with Gasteiger partial charge in [-0.1, -0.05) is 6.07 Å². The highest BCUT2D eigenvalue weighted by Crippen LogP contribution is 2.38. The van der Waals surface area contributed by atoms with Gasteiger partial charge in [0.25, 0.3) is 0 Å². The second-order valence-electron chi connectivity index (χ2n) is 5.11. The van der Waals surface area contributed by atoms with Crippen LogP contribution >= 0.6 is 0 Å². The van der Waals surface area contributed by atoms with Crippen molar-refractivity contribution in [2.45, 2.75) is 25.3 Å². The molecule has 98 valence electrons. The van der Waals surface area contributed by atoms with Gasteiger partial charge < -0.3 is 14.6 Å². The van der Waals surface area contributed by atoms with Crippen molar-refractivity contribution in [2.75, 3.05) is 26.5 Å². The summed E-state index contributed by atoms with van der Waals surface area (Å²) in [5.41, 5.74) is 1.31. The van der Waals surface area contributed by atoms with Gasteiger partial charge in [-0.3, -0.25) is 4.90 Å². The minimum absolute atomic E-state index is 0.234. The fourth-order valence-corrected chi connectivity index (χ4v) is 2.95. The number of aliphatic hydroxyl groups excluding tert-OH is 1. The van der Waals surface area contributed by atoms with Gasteiger partial charge in [0.05, 0.1) is 6.61 Å². The summed E-state index contributed by atoms with van der Waals surface area (Å²) in [7, 11) is 0. The van der Waals surface area contributed by atoms with E-state index in [0.29, 0.717) is 18.8 Å². The summed E-state index contributed by atoms with van der Waals surface area (Å²) in [5, 5.41) is 9.05. The van der Waals surface area contributed by atoms with Crippen molar-refractivity contribution in [3.63, 3.8) is 0 Å². The summed E-state index contributed by atoms with van der Waals surface area (Å²) in [5.74, 6) is 2.24. The van der Waals surface area contributed by atoms with E-state index in [0.717, 1.165) is 31.0 Å². The van der Waals surface area contributed by atoms with Gasteiger partial charge >= 0.3 is 0 Å². The molecule has 1 aromatic rings. The Balaban J connectivity index is 1.76. The van der Waals surface area contributed by atoms with Crippen LogP contribution < -0.4 is 9.47 Å². The maximum atomic E-state index is 9.05. The van der Waals surface area contributed by atoms with Crippen molar-refractivity contribution in [2.24, 2.45) is 0 Å². The van der Waals surface area contributed by atoms with Gasteiger partial charge in [-0.25, -0.2) is 0 Å². The second kappa shape index (κ2) is 4.78. The molecule has 2 heterocycles. The molecule has 0 aliphatic carbocycles. The Kier molecular flexibility index (Phi) is 3.14. The number of nitrogens with zero attached hydrogens (tertiary/aromatic N) is 1. The lowest BCUT2D eigenvalue weighted by Crippen LogP contribution is -2.29. The number of aliphatic hydroxyl groups is 1. The summed E-state index contributed by atoms with van der Waals surface area (Å²) in [4.78, 5) is 2.34. The summed E-state index contributed by atoms with van der Waals surface area (Å²) in [6, 6.07) is 6.76. The van der Waals surface area contributed by atoms with Crippen LogP contribution in [0.25, 0.3) is 0 Å². The molecule has 0 bridgehead atoms. The van der Waals surface area contributed by atoms with E-state index in [-0.39, 0.29) is 6.61 Å². The van der Waals surface area contributed by atoms with Gasteiger partial charge in [0.2, 0.25) is 6.79 Å². The smallest absolute Gasteiger partial charge is 0.231 e. The third kappa shape index (κ3) is 2.06. The molecule has 4 nitrogen and oxygen atoms in total. The second-order valence-corrected chi connectivity index (χ2v) is 5.11. The minimum Gasteiger partial charge on any atom is -0.454 e. The van der Waals surface area contributed by atoms with E-state index in [2.05, 4.69) is 24.0 Å². The van der Waals surface area contributed by atoms with E-state index < -0.39 is 0 Å². The van der Waals surface area contributed by atoms with Crippen molar-refractivity contribution in [1.82, 2.24) is 4.90 Å². The summed E-state index contributed by atoms with van der Waals surface area (Å²) in [6.45, 7) is 4.57. The predicted octanol–water partition coefficient (Wildman–Crippen LogP) is 1.59. The quantitative estimate of drug-likeness (QED) is 0.883. The van der Waals surface area contributed by atoms with Gasteiger partial charge in [-0.2, -0.15) is 0 Å². The molecule has 0 spiro atoms. The normalized spacial score (nSPS) is 26.8. The van der Waals surface area contributed by atoms with Gasteiger partial charge in [0.15, 0.2) is 11.5 Å². The van der Waals surface area contributed by atoms with Crippen LogP contribution in [-0.4, -0.2) is 42.5 Å². The number of β-amino-alcohol motifs (C(OH)–C–C–N with tert-alkyl or cyclic N) is 1. The molecule has 18 heavy (non-hydrogen) atoms. The van der Waals surface area contributed by atoms with Crippen LogP contribution in [0, 0.1) is 0 Å². The molecule has 0 amide bonds. The molecule has 1 N–H and O–H groups in total. The third-order valence-electron chi connectivity index (χ3n) is 3.96. The summed E-state index contributed by atoms with van der Waals surface area (Å²) in [6.07, 6.45) is 1.14. The molecule has 4 heteroatoms. The molecular formula is C14H19NO3. The van der Waals surface area contributed by atoms with Crippen molar-refractivity contribution < 1.29 is 14.6 Å². The Morgan fingerprint density at radius 2 is 2.17 bits per heavy atom.